The van der Waals surface area contributed by atoms with Gasteiger partial charge in [-0.15, -0.1) is 11.3 Å². The average Bonchev–Trinajstić information content (AvgIpc) is 2.80. The van der Waals surface area contributed by atoms with E-state index in [1.807, 2.05) is 0 Å². The number of carboxylic acids is 1. The van der Waals surface area contributed by atoms with E-state index < -0.39 is 5.97 Å². The summed E-state index contributed by atoms with van der Waals surface area (Å²) in [5.74, 6) is 0.236. The molecule has 1 fully saturated rings. The quantitative estimate of drug-likeness (QED) is 0.922. The third-order valence-corrected chi connectivity index (χ3v) is 4.88. The fourth-order valence-electron chi connectivity index (χ4n) is 2.50. The largest absolute Gasteiger partial charge is 0.480 e. The van der Waals surface area contributed by atoms with Crippen LogP contribution in [0.2, 0.25) is 0 Å². The van der Waals surface area contributed by atoms with Gasteiger partial charge in [0.2, 0.25) is 0 Å². The van der Waals surface area contributed by atoms with Crippen molar-refractivity contribution in [1.82, 2.24) is 9.88 Å². The number of hydrogen-bond donors (Lipinski definition) is 1. The summed E-state index contributed by atoms with van der Waals surface area (Å²) in [5.41, 5.74) is 1.01. The Morgan fingerprint density at radius 2 is 2.37 bits per heavy atom. The molecule has 1 aromatic rings. The Labute approximate surface area is 118 Å². The Hall–Kier alpha value is -0.940. The highest BCUT2D eigenvalue weighted by Crippen LogP contribution is 2.26. The minimum Gasteiger partial charge on any atom is -0.480 e. The topological polar surface area (TPSA) is 53.4 Å². The molecule has 2 atom stereocenters. The molecule has 2 rings (SSSR count). The normalized spacial score (nSPS) is 24.8. The van der Waals surface area contributed by atoms with E-state index in [4.69, 9.17) is 0 Å². The van der Waals surface area contributed by atoms with E-state index >= 15 is 0 Å². The van der Waals surface area contributed by atoms with E-state index in [1.165, 1.54) is 0 Å². The second-order valence-corrected chi connectivity index (χ2v) is 6.68. The lowest BCUT2D eigenvalue weighted by molar-refractivity contribution is -0.145. The van der Waals surface area contributed by atoms with Crippen molar-refractivity contribution >= 4 is 17.3 Å². The number of thiazole rings is 1. The summed E-state index contributed by atoms with van der Waals surface area (Å²) in [4.78, 5) is 18.0. The van der Waals surface area contributed by atoms with Crippen molar-refractivity contribution in [3.8, 4) is 0 Å². The molecule has 1 aromatic heterocycles. The summed E-state index contributed by atoms with van der Waals surface area (Å²) >= 11 is 1.67. The van der Waals surface area contributed by atoms with Gasteiger partial charge >= 0.3 is 5.97 Å². The Morgan fingerprint density at radius 1 is 1.63 bits per heavy atom. The van der Waals surface area contributed by atoms with Gasteiger partial charge < -0.3 is 5.11 Å². The molecule has 5 heteroatoms. The van der Waals surface area contributed by atoms with Gasteiger partial charge in [0.15, 0.2) is 0 Å². The Balaban J connectivity index is 2.05. The van der Waals surface area contributed by atoms with Gasteiger partial charge in [-0.3, -0.25) is 9.69 Å². The van der Waals surface area contributed by atoms with Gasteiger partial charge in [-0.1, -0.05) is 20.8 Å². The van der Waals surface area contributed by atoms with Crippen molar-refractivity contribution in [3.05, 3.63) is 16.1 Å². The van der Waals surface area contributed by atoms with E-state index in [2.05, 4.69) is 36.0 Å². The number of carboxylic acid groups (broad SMARTS) is 1. The molecule has 0 bridgehead atoms. The maximum absolute atomic E-state index is 11.4. The zero-order valence-electron chi connectivity index (χ0n) is 11.8. The van der Waals surface area contributed by atoms with Crippen molar-refractivity contribution in [1.29, 1.82) is 0 Å². The summed E-state index contributed by atoms with van der Waals surface area (Å²) in [5, 5.41) is 12.5. The fraction of sp³-hybridized carbons (Fsp3) is 0.714. The lowest BCUT2D eigenvalue weighted by Crippen LogP contribution is -2.46. The second kappa shape index (κ2) is 6.01. The summed E-state index contributed by atoms with van der Waals surface area (Å²) in [6.45, 7) is 7.91. The molecule has 1 aliphatic rings. The molecule has 1 saturated heterocycles. The van der Waals surface area contributed by atoms with Crippen LogP contribution in [0.3, 0.4) is 0 Å². The highest BCUT2D eigenvalue weighted by molar-refractivity contribution is 7.09. The Kier molecular flexibility index (Phi) is 4.58. The van der Waals surface area contributed by atoms with Crippen LogP contribution in [0.25, 0.3) is 0 Å². The Morgan fingerprint density at radius 3 is 2.95 bits per heavy atom. The van der Waals surface area contributed by atoms with Crippen LogP contribution < -0.4 is 0 Å². The van der Waals surface area contributed by atoms with E-state index in [9.17, 15) is 9.90 Å². The minimum absolute atomic E-state index is 0.354. The van der Waals surface area contributed by atoms with Crippen LogP contribution in [-0.2, 0) is 11.3 Å². The molecule has 0 spiro atoms. The summed E-state index contributed by atoms with van der Waals surface area (Å²) in [7, 11) is 0. The SMILES string of the molecule is CC1CCN(Cc2csc(C(C)C)n2)C(C(=O)O)C1. The zero-order chi connectivity index (χ0) is 14.0. The van der Waals surface area contributed by atoms with Gasteiger partial charge in [-0.05, 0) is 25.3 Å². The molecular formula is C14H22N2O2S. The number of aliphatic carboxylic acids is 1. The third kappa shape index (κ3) is 3.54. The summed E-state index contributed by atoms with van der Waals surface area (Å²) < 4.78 is 0. The maximum atomic E-state index is 11.4. The van der Waals surface area contributed by atoms with Gasteiger partial charge in [0, 0.05) is 17.8 Å². The molecule has 1 aliphatic heterocycles. The van der Waals surface area contributed by atoms with Crippen LogP contribution in [0, 0.1) is 5.92 Å². The zero-order valence-corrected chi connectivity index (χ0v) is 12.6. The molecule has 2 heterocycles. The van der Waals surface area contributed by atoms with Crippen LogP contribution in [-0.4, -0.2) is 33.5 Å². The van der Waals surface area contributed by atoms with Crippen LogP contribution >= 0.6 is 11.3 Å². The molecule has 19 heavy (non-hydrogen) atoms. The molecule has 0 radical (unpaired) electrons. The van der Waals surface area contributed by atoms with Gasteiger partial charge in [0.05, 0.1) is 10.7 Å². The lowest BCUT2D eigenvalue weighted by Gasteiger charge is -2.35. The van der Waals surface area contributed by atoms with E-state index in [0.29, 0.717) is 18.4 Å². The van der Waals surface area contributed by atoms with Crippen LogP contribution in [0.15, 0.2) is 5.38 Å². The van der Waals surface area contributed by atoms with Crippen LogP contribution in [0.4, 0.5) is 0 Å². The van der Waals surface area contributed by atoms with Gasteiger partial charge in [0.25, 0.3) is 0 Å². The predicted octanol–water partition coefficient (Wildman–Crippen LogP) is 2.95. The fourth-order valence-corrected chi connectivity index (χ4v) is 3.33. The first-order valence-electron chi connectivity index (χ1n) is 6.88. The van der Waals surface area contributed by atoms with E-state index in [0.717, 1.165) is 30.1 Å². The molecule has 0 saturated carbocycles. The molecular weight excluding hydrogens is 260 g/mol. The third-order valence-electron chi connectivity index (χ3n) is 3.69. The minimum atomic E-state index is -0.703. The summed E-state index contributed by atoms with van der Waals surface area (Å²) in [6.07, 6.45) is 1.82. The number of likely N-dealkylation sites (tertiary alicyclic amines) is 1. The molecule has 0 aromatic carbocycles. The number of hydrogen-bond acceptors (Lipinski definition) is 4. The standard InChI is InChI=1S/C14H22N2O2S/c1-9(2)13-15-11(8-19-13)7-16-5-4-10(3)6-12(16)14(17)18/h8-10,12H,4-7H2,1-3H3,(H,17,18). The summed E-state index contributed by atoms with van der Waals surface area (Å²) in [6, 6.07) is -0.354. The van der Waals surface area contributed by atoms with E-state index in [1.54, 1.807) is 11.3 Å². The lowest BCUT2D eigenvalue weighted by atomic mass is 9.92. The monoisotopic (exact) mass is 282 g/mol. The van der Waals surface area contributed by atoms with Gasteiger partial charge in [-0.2, -0.15) is 0 Å². The number of piperidine rings is 1. The molecule has 1 N–H and O–H groups in total. The first kappa shape index (κ1) is 14.5. The molecule has 0 amide bonds. The predicted molar refractivity (Wildman–Crippen MR) is 76.4 cm³/mol. The van der Waals surface area contributed by atoms with Crippen molar-refractivity contribution in [2.45, 2.75) is 52.1 Å². The van der Waals surface area contributed by atoms with Crippen LogP contribution in [0.5, 0.6) is 0 Å². The number of rotatable bonds is 4. The Bertz CT molecular complexity index is 444. The van der Waals surface area contributed by atoms with Crippen molar-refractivity contribution < 1.29 is 9.90 Å². The number of carbonyl (C=O) groups is 1. The van der Waals surface area contributed by atoms with Crippen molar-refractivity contribution in [2.75, 3.05) is 6.54 Å². The van der Waals surface area contributed by atoms with Crippen molar-refractivity contribution in [3.63, 3.8) is 0 Å². The second-order valence-electron chi connectivity index (χ2n) is 5.79. The van der Waals surface area contributed by atoms with Gasteiger partial charge in [-0.25, -0.2) is 4.98 Å². The number of aromatic nitrogens is 1. The van der Waals surface area contributed by atoms with Crippen molar-refractivity contribution in [2.24, 2.45) is 5.92 Å². The van der Waals surface area contributed by atoms with Gasteiger partial charge in [0.1, 0.15) is 6.04 Å². The van der Waals surface area contributed by atoms with Crippen LogP contribution in [0.1, 0.15) is 50.2 Å². The smallest absolute Gasteiger partial charge is 0.320 e. The van der Waals surface area contributed by atoms with E-state index in [-0.39, 0.29) is 6.04 Å². The number of nitrogens with zero attached hydrogens (tertiary/aromatic N) is 2. The molecule has 0 aliphatic carbocycles. The molecule has 2 unspecified atom stereocenters. The highest BCUT2D eigenvalue weighted by Gasteiger charge is 2.31. The maximum Gasteiger partial charge on any atom is 0.320 e. The highest BCUT2D eigenvalue weighted by atomic mass is 32.1. The first-order chi connectivity index (χ1) is 8.97. The molecule has 4 nitrogen and oxygen atoms in total. The first-order valence-corrected chi connectivity index (χ1v) is 7.76. The average molecular weight is 282 g/mol. The molecule has 106 valence electrons.